The van der Waals surface area contributed by atoms with Crippen molar-refractivity contribution in [2.45, 2.75) is 23.9 Å². The number of fused-ring (bicyclic) bond motifs is 1. The summed E-state index contributed by atoms with van der Waals surface area (Å²) in [5.41, 5.74) is 8.84. The fraction of sp³-hybridized carbons (Fsp3) is 0.136. The Bertz CT molecular complexity index is 1130. The summed E-state index contributed by atoms with van der Waals surface area (Å²) in [5, 5.41) is 0. The summed E-state index contributed by atoms with van der Waals surface area (Å²) >= 11 is 0. The fourth-order valence-corrected chi connectivity index (χ4v) is 5.46. The Morgan fingerprint density at radius 3 is 2.18 bits per heavy atom. The summed E-state index contributed by atoms with van der Waals surface area (Å²) in [6.45, 7) is 0.120. The third-order valence-electron chi connectivity index (χ3n) is 5.09. The van der Waals surface area contributed by atoms with E-state index in [0.717, 1.165) is 16.7 Å². The molecule has 6 heteroatoms. The van der Waals surface area contributed by atoms with E-state index >= 15 is 0 Å². The van der Waals surface area contributed by atoms with Crippen LogP contribution in [-0.2, 0) is 27.8 Å². The summed E-state index contributed by atoms with van der Waals surface area (Å²) in [6, 6.07) is 22.8. The molecule has 0 bridgehead atoms. The van der Waals surface area contributed by atoms with Crippen LogP contribution < -0.4 is 5.73 Å². The average Bonchev–Trinajstić information content (AvgIpc) is 2.73. The summed E-state index contributed by atoms with van der Waals surface area (Å²) < 4.78 is 28.5. The van der Waals surface area contributed by atoms with E-state index in [-0.39, 0.29) is 17.9 Å². The molecule has 3 aromatic carbocycles. The van der Waals surface area contributed by atoms with Crippen molar-refractivity contribution in [1.82, 2.24) is 4.31 Å². The first kappa shape index (κ1) is 18.4. The summed E-state index contributed by atoms with van der Waals surface area (Å²) in [6.07, 6.45) is 0.276. The highest BCUT2D eigenvalue weighted by atomic mass is 32.2. The van der Waals surface area contributed by atoms with Crippen LogP contribution in [0.25, 0.3) is 11.1 Å². The van der Waals surface area contributed by atoms with Crippen LogP contribution >= 0.6 is 0 Å². The van der Waals surface area contributed by atoms with Crippen molar-refractivity contribution >= 4 is 15.9 Å². The molecule has 4 rings (SSSR count). The molecule has 1 heterocycles. The van der Waals surface area contributed by atoms with Crippen LogP contribution in [0.4, 0.5) is 0 Å². The zero-order valence-electron chi connectivity index (χ0n) is 15.2. The summed E-state index contributed by atoms with van der Waals surface area (Å²) in [5.74, 6) is -0.643. The van der Waals surface area contributed by atoms with Gasteiger partial charge in [0.1, 0.15) is 6.04 Å². The molecule has 1 atom stereocenters. The van der Waals surface area contributed by atoms with E-state index < -0.39 is 22.0 Å². The van der Waals surface area contributed by atoms with Crippen molar-refractivity contribution in [3.8, 4) is 11.1 Å². The first-order valence-electron chi connectivity index (χ1n) is 9.01. The van der Waals surface area contributed by atoms with Crippen molar-refractivity contribution in [3.63, 3.8) is 0 Å². The van der Waals surface area contributed by atoms with Crippen LogP contribution in [0.15, 0.2) is 83.8 Å². The SMILES string of the molecule is NC(=O)C1Cc2ccccc2CN1S(=O)(=O)c1ccccc1-c1ccccc1. The highest BCUT2D eigenvalue weighted by Crippen LogP contribution is 2.33. The Morgan fingerprint density at radius 2 is 1.46 bits per heavy atom. The molecule has 2 N–H and O–H groups in total. The van der Waals surface area contributed by atoms with Crippen LogP contribution in [0.2, 0.25) is 0 Å². The van der Waals surface area contributed by atoms with Crippen molar-refractivity contribution in [2.75, 3.05) is 0 Å². The molecule has 0 radical (unpaired) electrons. The minimum absolute atomic E-state index is 0.120. The first-order valence-corrected chi connectivity index (χ1v) is 10.4. The molecule has 28 heavy (non-hydrogen) atoms. The maximum atomic E-state index is 13.6. The van der Waals surface area contributed by atoms with Crippen LogP contribution in [-0.4, -0.2) is 24.7 Å². The van der Waals surface area contributed by atoms with E-state index in [9.17, 15) is 13.2 Å². The summed E-state index contributed by atoms with van der Waals surface area (Å²) in [7, 11) is -3.95. The van der Waals surface area contributed by atoms with Gasteiger partial charge in [-0.2, -0.15) is 4.31 Å². The second-order valence-electron chi connectivity index (χ2n) is 6.80. The van der Waals surface area contributed by atoms with Crippen LogP contribution in [0.3, 0.4) is 0 Å². The molecule has 142 valence electrons. The van der Waals surface area contributed by atoms with Gasteiger partial charge in [-0.3, -0.25) is 4.79 Å². The Balaban J connectivity index is 1.84. The molecule has 0 saturated carbocycles. The molecule has 1 unspecified atom stereocenters. The van der Waals surface area contributed by atoms with E-state index in [4.69, 9.17) is 5.73 Å². The van der Waals surface area contributed by atoms with Gasteiger partial charge in [0.05, 0.1) is 4.90 Å². The van der Waals surface area contributed by atoms with Crippen molar-refractivity contribution in [1.29, 1.82) is 0 Å². The van der Waals surface area contributed by atoms with Crippen molar-refractivity contribution in [3.05, 3.63) is 90.0 Å². The highest BCUT2D eigenvalue weighted by Gasteiger charge is 2.39. The number of carbonyl (C=O) groups is 1. The molecule has 0 saturated heterocycles. The number of sulfonamides is 1. The Kier molecular flexibility index (Phi) is 4.75. The molecule has 0 fully saturated rings. The maximum Gasteiger partial charge on any atom is 0.244 e. The number of benzene rings is 3. The average molecular weight is 392 g/mol. The van der Waals surface area contributed by atoms with E-state index in [1.54, 1.807) is 24.3 Å². The van der Waals surface area contributed by atoms with Gasteiger partial charge < -0.3 is 5.73 Å². The number of nitrogens with two attached hydrogens (primary N) is 1. The number of hydrogen-bond acceptors (Lipinski definition) is 3. The molecule has 1 aliphatic rings. The second kappa shape index (κ2) is 7.22. The Labute approximate surface area is 164 Å². The van der Waals surface area contributed by atoms with Gasteiger partial charge in [0.15, 0.2) is 0 Å². The molecular weight excluding hydrogens is 372 g/mol. The Morgan fingerprint density at radius 1 is 0.857 bits per heavy atom. The zero-order chi connectivity index (χ0) is 19.7. The van der Waals surface area contributed by atoms with Gasteiger partial charge in [-0.1, -0.05) is 72.8 Å². The molecule has 5 nitrogen and oxygen atoms in total. The predicted molar refractivity (Wildman–Crippen MR) is 108 cm³/mol. The minimum Gasteiger partial charge on any atom is -0.368 e. The van der Waals surface area contributed by atoms with Gasteiger partial charge in [0, 0.05) is 12.1 Å². The van der Waals surface area contributed by atoms with Gasteiger partial charge in [0.25, 0.3) is 0 Å². The van der Waals surface area contributed by atoms with E-state index in [1.165, 1.54) is 4.31 Å². The minimum atomic E-state index is -3.95. The molecule has 1 amide bonds. The van der Waals surface area contributed by atoms with Gasteiger partial charge in [-0.15, -0.1) is 0 Å². The van der Waals surface area contributed by atoms with Crippen molar-refractivity contribution < 1.29 is 13.2 Å². The normalized spacial score (nSPS) is 17.1. The third-order valence-corrected chi connectivity index (χ3v) is 7.01. The number of amides is 1. The number of primary amides is 1. The van der Waals surface area contributed by atoms with Gasteiger partial charge in [0.2, 0.25) is 15.9 Å². The van der Waals surface area contributed by atoms with Crippen LogP contribution in [0.1, 0.15) is 11.1 Å². The van der Waals surface area contributed by atoms with Gasteiger partial charge >= 0.3 is 0 Å². The number of hydrogen-bond donors (Lipinski definition) is 1. The number of nitrogens with zero attached hydrogens (tertiary/aromatic N) is 1. The number of rotatable bonds is 4. The molecular formula is C22H20N2O3S. The standard InChI is InChI=1S/C22H20N2O3S/c23-22(25)20-14-17-10-4-5-11-18(17)15-24(20)28(26,27)21-13-7-6-12-19(21)16-8-2-1-3-9-16/h1-13,20H,14-15H2,(H2,23,25). The highest BCUT2D eigenvalue weighted by molar-refractivity contribution is 7.89. The zero-order valence-corrected chi connectivity index (χ0v) is 16.0. The van der Waals surface area contributed by atoms with Gasteiger partial charge in [-0.25, -0.2) is 8.42 Å². The lowest BCUT2D eigenvalue weighted by atomic mass is 9.95. The number of carbonyl (C=O) groups excluding carboxylic acids is 1. The molecule has 3 aromatic rings. The van der Waals surface area contributed by atoms with Crippen LogP contribution in [0.5, 0.6) is 0 Å². The lowest BCUT2D eigenvalue weighted by molar-refractivity contribution is -0.122. The largest absolute Gasteiger partial charge is 0.368 e. The van der Waals surface area contributed by atoms with E-state index in [0.29, 0.717) is 5.56 Å². The molecule has 1 aliphatic heterocycles. The summed E-state index contributed by atoms with van der Waals surface area (Å²) in [4.78, 5) is 12.3. The second-order valence-corrected chi connectivity index (χ2v) is 8.66. The Hall–Kier alpha value is -2.96. The topological polar surface area (TPSA) is 80.5 Å². The quantitative estimate of drug-likeness (QED) is 0.741. The third kappa shape index (κ3) is 3.21. The van der Waals surface area contributed by atoms with Gasteiger partial charge in [-0.05, 0) is 29.2 Å². The monoisotopic (exact) mass is 392 g/mol. The molecule has 0 aliphatic carbocycles. The smallest absolute Gasteiger partial charge is 0.244 e. The van der Waals surface area contributed by atoms with E-state index in [2.05, 4.69) is 0 Å². The van der Waals surface area contributed by atoms with E-state index in [1.807, 2.05) is 54.6 Å². The molecule has 0 aromatic heterocycles. The maximum absolute atomic E-state index is 13.6. The lowest BCUT2D eigenvalue weighted by Crippen LogP contribution is -2.51. The fourth-order valence-electron chi connectivity index (χ4n) is 3.67. The molecule has 0 spiro atoms. The first-order chi connectivity index (χ1) is 13.5. The lowest BCUT2D eigenvalue weighted by Gasteiger charge is -2.34. The predicted octanol–water partition coefficient (Wildman–Crippen LogP) is 2.95. The van der Waals surface area contributed by atoms with Crippen LogP contribution in [0, 0.1) is 0 Å². The van der Waals surface area contributed by atoms with Crippen molar-refractivity contribution in [2.24, 2.45) is 5.73 Å².